The zero-order valence-corrected chi connectivity index (χ0v) is 11.7. The molecule has 0 radical (unpaired) electrons. The van der Waals surface area contributed by atoms with Crippen LogP contribution in [0, 0.1) is 17.0 Å². The smallest absolute Gasteiger partial charge is 0.337 e. The summed E-state index contributed by atoms with van der Waals surface area (Å²) >= 11 is 0. The molecule has 0 aliphatic heterocycles. The van der Waals surface area contributed by atoms with Crippen molar-refractivity contribution >= 4 is 17.6 Å². The number of benzene rings is 1. The van der Waals surface area contributed by atoms with Crippen LogP contribution >= 0.6 is 0 Å². The Bertz CT molecular complexity index is 581. The van der Waals surface area contributed by atoms with Crippen LogP contribution in [0.5, 0.6) is 0 Å². The minimum Gasteiger partial charge on any atom is -0.478 e. The highest BCUT2D eigenvalue weighted by Crippen LogP contribution is 2.42. The van der Waals surface area contributed by atoms with Crippen molar-refractivity contribution in [2.24, 2.45) is 5.41 Å². The first kappa shape index (κ1) is 15.4. The van der Waals surface area contributed by atoms with Crippen molar-refractivity contribution in [1.82, 2.24) is 0 Å². The average Bonchev–Trinajstić information content (AvgIpc) is 2.92. The molecule has 0 aromatic heterocycles. The Hall–Kier alpha value is -1.98. The third kappa shape index (κ3) is 2.89. The highest BCUT2D eigenvalue weighted by atomic mass is 19.2. The Kier molecular flexibility index (Phi) is 4.25. The number of carbonyl (C=O) groups is 2. The van der Waals surface area contributed by atoms with E-state index in [0.717, 1.165) is 31.7 Å². The maximum Gasteiger partial charge on any atom is 0.337 e. The molecule has 2 N–H and O–H groups in total. The normalized spacial score (nSPS) is 16.7. The first-order valence-electron chi connectivity index (χ1n) is 6.93. The summed E-state index contributed by atoms with van der Waals surface area (Å²) in [5, 5.41) is 11.5. The molecule has 0 atom stereocenters. The van der Waals surface area contributed by atoms with Crippen LogP contribution in [-0.2, 0) is 4.79 Å². The van der Waals surface area contributed by atoms with E-state index in [9.17, 15) is 18.4 Å². The molecule has 2 rings (SSSR count). The summed E-state index contributed by atoms with van der Waals surface area (Å²) < 4.78 is 26.5. The van der Waals surface area contributed by atoms with Gasteiger partial charge in [0.15, 0.2) is 11.6 Å². The van der Waals surface area contributed by atoms with Crippen molar-refractivity contribution in [2.45, 2.75) is 39.0 Å². The molecular weight excluding hydrogens is 280 g/mol. The summed E-state index contributed by atoms with van der Waals surface area (Å²) in [6, 6.07) is 1.30. The predicted molar refractivity (Wildman–Crippen MR) is 73.1 cm³/mol. The van der Waals surface area contributed by atoms with Gasteiger partial charge in [-0.15, -0.1) is 0 Å². The Morgan fingerprint density at radius 3 is 2.33 bits per heavy atom. The number of carbonyl (C=O) groups excluding carboxylic acids is 1. The molecular formula is C15H17F2NO3. The number of halogens is 2. The van der Waals surface area contributed by atoms with Gasteiger partial charge in [-0.2, -0.15) is 0 Å². The number of aromatic carboxylic acids is 1. The number of hydrogen-bond donors (Lipinski definition) is 2. The number of anilines is 1. The molecule has 0 spiro atoms. The van der Waals surface area contributed by atoms with E-state index in [-0.39, 0.29) is 11.6 Å². The molecule has 1 aliphatic rings. The lowest BCUT2D eigenvalue weighted by molar-refractivity contribution is -0.125. The van der Waals surface area contributed by atoms with E-state index in [1.54, 1.807) is 0 Å². The van der Waals surface area contributed by atoms with E-state index in [1.807, 2.05) is 6.92 Å². The number of hydrogen-bond acceptors (Lipinski definition) is 2. The second kappa shape index (κ2) is 5.79. The number of amides is 1. The third-order valence-electron chi connectivity index (χ3n) is 4.26. The summed E-state index contributed by atoms with van der Waals surface area (Å²) in [6.45, 7) is 1.90. The van der Waals surface area contributed by atoms with Gasteiger partial charge in [-0.3, -0.25) is 4.79 Å². The minimum atomic E-state index is -1.42. The van der Waals surface area contributed by atoms with Gasteiger partial charge >= 0.3 is 5.97 Å². The fourth-order valence-electron chi connectivity index (χ4n) is 2.88. The van der Waals surface area contributed by atoms with Crippen LogP contribution in [0.25, 0.3) is 0 Å². The largest absolute Gasteiger partial charge is 0.478 e. The number of carboxylic acid groups (broad SMARTS) is 1. The van der Waals surface area contributed by atoms with Gasteiger partial charge in [-0.1, -0.05) is 19.8 Å². The fourth-order valence-corrected chi connectivity index (χ4v) is 2.88. The summed E-state index contributed by atoms with van der Waals surface area (Å²) in [5.41, 5.74) is -1.20. The van der Waals surface area contributed by atoms with Gasteiger partial charge in [-0.05, 0) is 25.3 Å². The van der Waals surface area contributed by atoms with Crippen molar-refractivity contribution in [3.63, 3.8) is 0 Å². The highest BCUT2D eigenvalue weighted by Gasteiger charge is 2.39. The Balaban J connectivity index is 2.32. The van der Waals surface area contributed by atoms with Crippen LogP contribution < -0.4 is 5.32 Å². The summed E-state index contributed by atoms with van der Waals surface area (Å²) in [5.74, 6) is -4.18. The van der Waals surface area contributed by atoms with Crippen molar-refractivity contribution < 1.29 is 23.5 Å². The van der Waals surface area contributed by atoms with E-state index in [2.05, 4.69) is 5.32 Å². The average molecular weight is 297 g/mol. The lowest BCUT2D eigenvalue weighted by Crippen LogP contribution is -2.33. The van der Waals surface area contributed by atoms with Gasteiger partial charge in [0, 0.05) is 11.5 Å². The van der Waals surface area contributed by atoms with Gasteiger partial charge < -0.3 is 10.4 Å². The molecule has 1 fully saturated rings. The Morgan fingerprint density at radius 2 is 1.81 bits per heavy atom. The van der Waals surface area contributed by atoms with Gasteiger partial charge in [0.1, 0.15) is 0 Å². The second-order valence-corrected chi connectivity index (χ2v) is 5.41. The van der Waals surface area contributed by atoms with Gasteiger partial charge in [0.05, 0.1) is 11.3 Å². The molecule has 6 heteroatoms. The molecule has 0 saturated heterocycles. The lowest BCUT2D eigenvalue weighted by Gasteiger charge is -2.26. The standard InChI is InChI=1S/C15H17F2NO3/c1-2-15(5-3-4-6-15)14(21)18-12-8-11(17)10(16)7-9(12)13(19)20/h7-8H,2-6H2,1H3,(H,18,21)(H,19,20). The van der Waals surface area contributed by atoms with Crippen LogP contribution in [0.4, 0.5) is 14.5 Å². The van der Waals surface area contributed by atoms with Crippen LogP contribution in [0.15, 0.2) is 12.1 Å². The zero-order chi connectivity index (χ0) is 15.6. The molecule has 114 valence electrons. The maximum absolute atomic E-state index is 13.3. The van der Waals surface area contributed by atoms with E-state index in [0.29, 0.717) is 12.5 Å². The summed E-state index contributed by atoms with van der Waals surface area (Å²) in [4.78, 5) is 23.5. The molecule has 1 aliphatic carbocycles. The highest BCUT2D eigenvalue weighted by molar-refractivity contribution is 6.02. The number of nitrogens with one attached hydrogen (secondary N) is 1. The fraction of sp³-hybridized carbons (Fsp3) is 0.467. The van der Waals surface area contributed by atoms with Crippen molar-refractivity contribution in [3.05, 3.63) is 29.3 Å². The van der Waals surface area contributed by atoms with Crippen LogP contribution in [-0.4, -0.2) is 17.0 Å². The molecule has 4 nitrogen and oxygen atoms in total. The molecule has 0 unspecified atom stereocenters. The monoisotopic (exact) mass is 297 g/mol. The first-order chi connectivity index (χ1) is 9.89. The summed E-state index contributed by atoms with van der Waals surface area (Å²) in [7, 11) is 0. The quantitative estimate of drug-likeness (QED) is 0.892. The zero-order valence-electron chi connectivity index (χ0n) is 11.7. The molecule has 1 aromatic carbocycles. The van der Waals surface area contributed by atoms with Crippen molar-refractivity contribution in [2.75, 3.05) is 5.32 Å². The van der Waals surface area contributed by atoms with Crippen molar-refractivity contribution in [1.29, 1.82) is 0 Å². The molecule has 1 aromatic rings. The molecule has 21 heavy (non-hydrogen) atoms. The molecule has 1 amide bonds. The summed E-state index contributed by atoms with van der Waals surface area (Å²) in [6.07, 6.45) is 3.95. The second-order valence-electron chi connectivity index (χ2n) is 5.41. The number of carboxylic acids is 1. The van der Waals surface area contributed by atoms with E-state index < -0.39 is 28.6 Å². The van der Waals surface area contributed by atoms with E-state index in [4.69, 9.17) is 5.11 Å². The topological polar surface area (TPSA) is 66.4 Å². The van der Waals surface area contributed by atoms with Gasteiger partial charge in [-0.25, -0.2) is 13.6 Å². The maximum atomic E-state index is 13.3. The predicted octanol–water partition coefficient (Wildman–Crippen LogP) is 3.57. The van der Waals surface area contributed by atoms with Crippen LogP contribution in [0.1, 0.15) is 49.4 Å². The lowest BCUT2D eigenvalue weighted by atomic mass is 9.82. The van der Waals surface area contributed by atoms with Crippen LogP contribution in [0.2, 0.25) is 0 Å². The SMILES string of the molecule is CCC1(C(=O)Nc2cc(F)c(F)cc2C(=O)O)CCCC1. The third-order valence-corrected chi connectivity index (χ3v) is 4.26. The van der Waals surface area contributed by atoms with Gasteiger partial charge in [0.25, 0.3) is 0 Å². The number of rotatable bonds is 4. The Labute approximate surface area is 121 Å². The van der Waals surface area contributed by atoms with Crippen LogP contribution in [0.3, 0.4) is 0 Å². The molecule has 1 saturated carbocycles. The van der Waals surface area contributed by atoms with Crippen molar-refractivity contribution in [3.8, 4) is 0 Å². The van der Waals surface area contributed by atoms with Gasteiger partial charge in [0.2, 0.25) is 5.91 Å². The molecule has 0 bridgehead atoms. The minimum absolute atomic E-state index is 0.203. The molecule has 0 heterocycles. The van der Waals surface area contributed by atoms with E-state index in [1.165, 1.54) is 0 Å². The first-order valence-corrected chi connectivity index (χ1v) is 6.93. The Morgan fingerprint density at radius 1 is 1.24 bits per heavy atom. The van der Waals surface area contributed by atoms with E-state index >= 15 is 0 Å².